The molecule has 3 aromatic rings. The van der Waals surface area contributed by atoms with Gasteiger partial charge in [0.15, 0.2) is 0 Å². The van der Waals surface area contributed by atoms with Gasteiger partial charge < -0.3 is 19.9 Å². The van der Waals surface area contributed by atoms with Crippen molar-refractivity contribution in [1.29, 1.82) is 0 Å². The van der Waals surface area contributed by atoms with Crippen molar-refractivity contribution in [2.75, 3.05) is 19.7 Å². The minimum atomic E-state index is -1.31. The fourth-order valence-corrected chi connectivity index (χ4v) is 5.34. The second-order valence-electron chi connectivity index (χ2n) is 11.5. The second-order valence-corrected chi connectivity index (χ2v) is 11.5. The first-order chi connectivity index (χ1) is 18.1. The first kappa shape index (κ1) is 27.7. The highest BCUT2D eigenvalue weighted by Gasteiger charge is 2.37. The number of nitrogens with one attached hydrogen (secondary N) is 1. The van der Waals surface area contributed by atoms with Gasteiger partial charge in [-0.1, -0.05) is 71.0 Å². The van der Waals surface area contributed by atoms with E-state index < -0.39 is 6.16 Å². The van der Waals surface area contributed by atoms with E-state index in [1.165, 1.54) is 17.5 Å². The number of hydrogen-bond donors (Lipinski definition) is 2. The van der Waals surface area contributed by atoms with Crippen LogP contribution in [0.5, 0.6) is 11.5 Å². The Kier molecular flexibility index (Phi) is 8.47. The highest BCUT2D eigenvalue weighted by molar-refractivity contribution is 5.79. The maximum Gasteiger partial charge on any atom is 0.511 e. The van der Waals surface area contributed by atoms with Gasteiger partial charge in [0.1, 0.15) is 11.5 Å². The lowest BCUT2D eigenvalue weighted by molar-refractivity contribution is 0.144. The van der Waals surface area contributed by atoms with Crippen molar-refractivity contribution in [3.05, 3.63) is 71.8 Å². The molecule has 2 N–H and O–H groups in total. The van der Waals surface area contributed by atoms with Crippen molar-refractivity contribution < 1.29 is 19.4 Å². The van der Waals surface area contributed by atoms with Gasteiger partial charge in [0, 0.05) is 5.56 Å². The van der Waals surface area contributed by atoms with Crippen molar-refractivity contribution in [3.8, 4) is 33.8 Å². The van der Waals surface area contributed by atoms with E-state index in [4.69, 9.17) is 14.6 Å². The van der Waals surface area contributed by atoms with Crippen LogP contribution in [0.1, 0.15) is 71.4 Å². The third kappa shape index (κ3) is 6.39. The van der Waals surface area contributed by atoms with E-state index in [-0.39, 0.29) is 10.8 Å². The van der Waals surface area contributed by atoms with Crippen molar-refractivity contribution in [3.63, 3.8) is 0 Å². The zero-order valence-electron chi connectivity index (χ0n) is 23.4. The first-order valence-electron chi connectivity index (χ1n) is 13.7. The molecule has 5 heteroatoms. The SMILES string of the molecule is CCNCCCCOc1ccc(-c2ccc(OC(=O)O)cc2)cc1-c1ccc2c(c1)C(C)(C)CCC2(C)C. The topological polar surface area (TPSA) is 67.8 Å². The number of fused-ring (bicyclic) bond motifs is 1. The summed E-state index contributed by atoms with van der Waals surface area (Å²) in [5.74, 6) is 1.19. The molecule has 0 aliphatic heterocycles. The number of hydrogen-bond acceptors (Lipinski definition) is 4. The number of unbranched alkanes of at least 4 members (excludes halogenated alkanes) is 1. The van der Waals surface area contributed by atoms with Crippen LogP contribution >= 0.6 is 0 Å². The van der Waals surface area contributed by atoms with Crippen LogP contribution < -0.4 is 14.8 Å². The summed E-state index contributed by atoms with van der Waals surface area (Å²) in [6.45, 7) is 14.2. The quantitative estimate of drug-likeness (QED) is 0.162. The average molecular weight is 516 g/mol. The number of benzene rings is 3. The molecule has 0 amide bonds. The molecule has 1 aliphatic rings. The molecule has 0 bridgehead atoms. The van der Waals surface area contributed by atoms with Gasteiger partial charge in [-0.25, -0.2) is 4.79 Å². The summed E-state index contributed by atoms with van der Waals surface area (Å²) >= 11 is 0. The molecule has 0 radical (unpaired) electrons. The van der Waals surface area contributed by atoms with Crippen LogP contribution in [-0.4, -0.2) is 31.0 Å². The van der Waals surface area contributed by atoms with Gasteiger partial charge >= 0.3 is 6.16 Å². The third-order valence-corrected chi connectivity index (χ3v) is 7.79. The molecule has 202 valence electrons. The summed E-state index contributed by atoms with van der Waals surface area (Å²) < 4.78 is 11.1. The Morgan fingerprint density at radius 1 is 0.842 bits per heavy atom. The van der Waals surface area contributed by atoms with Gasteiger partial charge in [-0.15, -0.1) is 0 Å². The van der Waals surface area contributed by atoms with Crippen LogP contribution in [0.3, 0.4) is 0 Å². The summed E-state index contributed by atoms with van der Waals surface area (Å²) in [5.41, 5.74) is 7.39. The lowest BCUT2D eigenvalue weighted by Crippen LogP contribution is -2.33. The maximum atomic E-state index is 10.9. The van der Waals surface area contributed by atoms with E-state index in [0.717, 1.165) is 60.4 Å². The van der Waals surface area contributed by atoms with Crippen LogP contribution in [0, 0.1) is 0 Å². The molecule has 0 saturated carbocycles. The molecule has 4 rings (SSSR count). The molecular formula is C33H41NO4. The molecule has 0 heterocycles. The lowest BCUT2D eigenvalue weighted by atomic mass is 9.63. The van der Waals surface area contributed by atoms with Crippen molar-refractivity contribution in [2.24, 2.45) is 0 Å². The molecule has 0 fully saturated rings. The van der Waals surface area contributed by atoms with E-state index in [1.807, 2.05) is 12.1 Å². The van der Waals surface area contributed by atoms with Gasteiger partial charge in [0.05, 0.1) is 6.61 Å². The fourth-order valence-electron chi connectivity index (χ4n) is 5.34. The Hall–Kier alpha value is -3.31. The Bertz CT molecular complexity index is 1260. The molecule has 5 nitrogen and oxygen atoms in total. The molecule has 1 aliphatic carbocycles. The monoisotopic (exact) mass is 515 g/mol. The number of ether oxygens (including phenoxy) is 2. The standard InChI is InChI=1S/C33H41NO4/c1-6-34-19-7-8-20-37-30-16-12-24(23-9-13-26(14-10-23)38-31(35)36)21-27(30)25-11-15-28-29(22-25)33(4,5)18-17-32(28,2)3/h9-16,21-22,34H,6-8,17-20H2,1-5H3,(H,35,36). The summed E-state index contributed by atoms with van der Waals surface area (Å²) in [4.78, 5) is 10.9. The molecule has 38 heavy (non-hydrogen) atoms. The summed E-state index contributed by atoms with van der Waals surface area (Å²) in [6.07, 6.45) is 3.10. The lowest BCUT2D eigenvalue weighted by Gasteiger charge is -2.42. The Morgan fingerprint density at radius 2 is 1.50 bits per heavy atom. The van der Waals surface area contributed by atoms with Crippen molar-refractivity contribution in [1.82, 2.24) is 5.32 Å². The molecule has 3 aromatic carbocycles. The van der Waals surface area contributed by atoms with E-state index in [9.17, 15) is 4.79 Å². The van der Waals surface area contributed by atoms with Crippen LogP contribution in [-0.2, 0) is 10.8 Å². The number of carbonyl (C=O) groups is 1. The minimum absolute atomic E-state index is 0.117. The fraction of sp³-hybridized carbons (Fsp3) is 0.424. The first-order valence-corrected chi connectivity index (χ1v) is 13.7. The minimum Gasteiger partial charge on any atom is -0.493 e. The largest absolute Gasteiger partial charge is 0.511 e. The van der Waals surface area contributed by atoms with Crippen molar-refractivity contribution >= 4 is 6.16 Å². The maximum absolute atomic E-state index is 10.9. The Morgan fingerprint density at radius 3 is 2.18 bits per heavy atom. The van der Waals surface area contributed by atoms with Gasteiger partial charge in [0.25, 0.3) is 0 Å². The normalized spacial score (nSPS) is 15.5. The van der Waals surface area contributed by atoms with Crippen molar-refractivity contribution in [2.45, 2.75) is 71.1 Å². The van der Waals surface area contributed by atoms with E-state index in [2.05, 4.69) is 76.3 Å². The van der Waals surface area contributed by atoms with Crippen LogP contribution in [0.4, 0.5) is 4.79 Å². The van der Waals surface area contributed by atoms with Gasteiger partial charge in [0.2, 0.25) is 0 Å². The van der Waals surface area contributed by atoms with E-state index >= 15 is 0 Å². The molecule has 0 atom stereocenters. The summed E-state index contributed by atoms with van der Waals surface area (Å²) in [7, 11) is 0. The van der Waals surface area contributed by atoms with Crippen LogP contribution in [0.25, 0.3) is 22.3 Å². The zero-order valence-corrected chi connectivity index (χ0v) is 23.4. The van der Waals surface area contributed by atoms with E-state index in [1.54, 1.807) is 12.1 Å². The molecule has 0 unspecified atom stereocenters. The number of rotatable bonds is 10. The predicted molar refractivity (Wildman–Crippen MR) is 155 cm³/mol. The third-order valence-electron chi connectivity index (χ3n) is 7.79. The molecule has 0 saturated heterocycles. The number of carboxylic acid groups (broad SMARTS) is 1. The van der Waals surface area contributed by atoms with Gasteiger partial charge in [-0.05, 0) is 102 Å². The van der Waals surface area contributed by atoms with Gasteiger partial charge in [-0.2, -0.15) is 0 Å². The molecule has 0 aromatic heterocycles. The highest BCUT2D eigenvalue weighted by Crippen LogP contribution is 2.47. The molecular weight excluding hydrogens is 474 g/mol. The highest BCUT2D eigenvalue weighted by atomic mass is 16.7. The Labute approximate surface area is 227 Å². The Balaban J connectivity index is 1.70. The summed E-state index contributed by atoms with van der Waals surface area (Å²) in [6, 6.07) is 20.4. The van der Waals surface area contributed by atoms with Gasteiger partial charge in [-0.3, -0.25) is 0 Å². The smallest absolute Gasteiger partial charge is 0.493 e. The predicted octanol–water partition coefficient (Wildman–Crippen LogP) is 8.19. The second kappa shape index (κ2) is 11.6. The van der Waals surface area contributed by atoms with Crippen LogP contribution in [0.2, 0.25) is 0 Å². The average Bonchev–Trinajstić information content (AvgIpc) is 2.89. The zero-order chi connectivity index (χ0) is 27.3. The molecule has 0 spiro atoms. The summed E-state index contributed by atoms with van der Waals surface area (Å²) in [5, 5.41) is 12.3. The van der Waals surface area contributed by atoms with E-state index in [0.29, 0.717) is 12.4 Å². The van der Waals surface area contributed by atoms with Crippen LogP contribution in [0.15, 0.2) is 60.7 Å².